The van der Waals surface area contributed by atoms with Gasteiger partial charge < -0.3 is 14.6 Å². The van der Waals surface area contributed by atoms with Crippen LogP contribution in [0, 0.1) is 0 Å². The molecule has 0 saturated heterocycles. The minimum absolute atomic E-state index is 0.0748. The molecule has 2 aromatic carbocycles. The number of carboxylic acid groups (broad SMARTS) is 1. The van der Waals surface area contributed by atoms with E-state index in [1.54, 1.807) is 6.20 Å². The fraction of sp³-hybridized carbons (Fsp3) is 0.238. The summed E-state index contributed by atoms with van der Waals surface area (Å²) in [5.41, 5.74) is 2.88. The van der Waals surface area contributed by atoms with Gasteiger partial charge in [-0.05, 0) is 48.7 Å². The van der Waals surface area contributed by atoms with Crippen molar-refractivity contribution >= 4 is 16.9 Å². The van der Waals surface area contributed by atoms with Crippen molar-refractivity contribution in [3.8, 4) is 11.5 Å². The first-order valence-electron chi connectivity index (χ1n) is 8.59. The third kappa shape index (κ3) is 4.51. The van der Waals surface area contributed by atoms with Gasteiger partial charge in [0.1, 0.15) is 18.1 Å². The molecule has 0 radical (unpaired) electrons. The molecule has 1 aromatic heterocycles. The number of carboxylic acids is 1. The summed E-state index contributed by atoms with van der Waals surface area (Å²) in [6.07, 6.45) is 2.29. The number of carbonyl (C=O) groups is 1. The van der Waals surface area contributed by atoms with Gasteiger partial charge in [-0.15, -0.1) is 0 Å². The molecule has 5 heteroatoms. The second-order valence-corrected chi connectivity index (χ2v) is 5.92. The highest BCUT2D eigenvalue weighted by molar-refractivity contribution is 5.78. The van der Waals surface area contributed by atoms with Crippen molar-refractivity contribution in [1.29, 1.82) is 0 Å². The lowest BCUT2D eigenvalue weighted by Crippen LogP contribution is -2.02. The van der Waals surface area contributed by atoms with Crippen molar-refractivity contribution in [2.75, 3.05) is 6.61 Å². The largest absolute Gasteiger partial charge is 0.493 e. The molecule has 0 bridgehead atoms. The Hall–Kier alpha value is -3.08. The Morgan fingerprint density at radius 1 is 1.12 bits per heavy atom. The zero-order chi connectivity index (χ0) is 18.4. The number of hydrogen-bond acceptors (Lipinski definition) is 4. The van der Waals surface area contributed by atoms with Crippen LogP contribution in [0.4, 0.5) is 0 Å². The first-order chi connectivity index (χ1) is 12.7. The van der Waals surface area contributed by atoms with Crippen LogP contribution in [0.5, 0.6) is 11.5 Å². The lowest BCUT2D eigenvalue weighted by atomic mass is 10.1. The number of hydrogen-bond donors (Lipinski definition) is 1. The van der Waals surface area contributed by atoms with E-state index in [-0.39, 0.29) is 6.42 Å². The molecule has 5 nitrogen and oxygen atoms in total. The highest BCUT2D eigenvalue weighted by Gasteiger charge is 2.08. The number of ether oxygens (including phenoxy) is 2. The Bertz CT molecular complexity index is 907. The van der Waals surface area contributed by atoms with Crippen molar-refractivity contribution in [2.45, 2.75) is 26.4 Å². The predicted octanol–water partition coefficient (Wildman–Crippen LogP) is 4.23. The van der Waals surface area contributed by atoms with Crippen LogP contribution in [-0.2, 0) is 17.8 Å². The highest BCUT2D eigenvalue weighted by Crippen LogP contribution is 2.27. The molecular weight excluding hydrogens is 330 g/mol. The van der Waals surface area contributed by atoms with E-state index in [1.807, 2.05) is 49.4 Å². The molecule has 1 heterocycles. The van der Waals surface area contributed by atoms with Crippen LogP contribution in [0.25, 0.3) is 10.9 Å². The molecule has 0 fully saturated rings. The van der Waals surface area contributed by atoms with Gasteiger partial charge in [-0.25, -0.2) is 0 Å². The molecule has 0 aliphatic carbocycles. The number of benzene rings is 2. The molecule has 0 spiro atoms. The van der Waals surface area contributed by atoms with Crippen molar-refractivity contribution in [3.63, 3.8) is 0 Å². The quantitative estimate of drug-likeness (QED) is 0.658. The minimum Gasteiger partial charge on any atom is -0.493 e. The average molecular weight is 351 g/mol. The van der Waals surface area contributed by atoms with Crippen LogP contribution < -0.4 is 9.47 Å². The second-order valence-electron chi connectivity index (χ2n) is 5.92. The number of pyridine rings is 1. The van der Waals surface area contributed by atoms with Crippen LogP contribution in [0.1, 0.15) is 24.5 Å². The van der Waals surface area contributed by atoms with Gasteiger partial charge in [0.2, 0.25) is 0 Å². The van der Waals surface area contributed by atoms with Gasteiger partial charge in [-0.1, -0.05) is 18.2 Å². The lowest BCUT2D eigenvalue weighted by molar-refractivity contribution is -0.136. The summed E-state index contributed by atoms with van der Waals surface area (Å²) in [6.45, 7) is 2.85. The van der Waals surface area contributed by atoms with Gasteiger partial charge in [-0.2, -0.15) is 0 Å². The maximum Gasteiger partial charge on any atom is 0.303 e. The first kappa shape index (κ1) is 17.7. The van der Waals surface area contributed by atoms with E-state index in [9.17, 15) is 4.79 Å². The van der Waals surface area contributed by atoms with Crippen molar-refractivity contribution in [3.05, 3.63) is 65.9 Å². The zero-order valence-corrected chi connectivity index (χ0v) is 14.6. The standard InChI is InChI=1S/C21H21NO4/c1-2-25-20-13-18(8-6-16(20)7-10-21(23)24)26-14-15-5-9-19-17(12-15)4-3-11-22-19/h3-6,8-9,11-13H,2,7,10,14H2,1H3,(H,23,24). The summed E-state index contributed by atoms with van der Waals surface area (Å²) >= 11 is 0. The lowest BCUT2D eigenvalue weighted by Gasteiger charge is -2.13. The predicted molar refractivity (Wildman–Crippen MR) is 99.6 cm³/mol. The second kappa shape index (κ2) is 8.34. The van der Waals surface area contributed by atoms with Crippen molar-refractivity contribution in [1.82, 2.24) is 4.98 Å². The van der Waals surface area contributed by atoms with Gasteiger partial charge in [0, 0.05) is 24.1 Å². The van der Waals surface area contributed by atoms with E-state index >= 15 is 0 Å². The zero-order valence-electron chi connectivity index (χ0n) is 14.6. The Labute approximate surface area is 152 Å². The van der Waals surface area contributed by atoms with Crippen LogP contribution in [0.3, 0.4) is 0 Å². The normalized spacial score (nSPS) is 10.7. The SMILES string of the molecule is CCOc1cc(OCc2ccc3ncccc3c2)ccc1CCC(=O)O. The minimum atomic E-state index is -0.821. The molecule has 1 N–H and O–H groups in total. The van der Waals surface area contributed by atoms with E-state index in [2.05, 4.69) is 11.1 Å². The number of fused-ring (bicyclic) bond motifs is 1. The molecule has 0 aliphatic rings. The molecule has 26 heavy (non-hydrogen) atoms. The van der Waals surface area contributed by atoms with Gasteiger partial charge in [0.25, 0.3) is 0 Å². The molecule has 3 aromatic rings. The topological polar surface area (TPSA) is 68.7 Å². The smallest absolute Gasteiger partial charge is 0.303 e. The summed E-state index contributed by atoms with van der Waals surface area (Å²) in [5.74, 6) is 0.548. The first-order valence-corrected chi connectivity index (χ1v) is 8.59. The van der Waals surface area contributed by atoms with E-state index in [0.717, 1.165) is 22.0 Å². The summed E-state index contributed by atoms with van der Waals surface area (Å²) in [6, 6.07) is 15.5. The highest BCUT2D eigenvalue weighted by atomic mass is 16.5. The molecule has 0 aliphatic heterocycles. The van der Waals surface area contributed by atoms with Gasteiger partial charge in [0.05, 0.1) is 12.1 Å². The molecular formula is C21H21NO4. The van der Waals surface area contributed by atoms with Gasteiger partial charge >= 0.3 is 5.97 Å². The molecule has 134 valence electrons. The number of nitrogens with zero attached hydrogens (tertiary/aromatic N) is 1. The van der Waals surface area contributed by atoms with E-state index in [4.69, 9.17) is 14.6 Å². The van der Waals surface area contributed by atoms with Gasteiger partial charge in [0.15, 0.2) is 0 Å². The fourth-order valence-electron chi connectivity index (χ4n) is 2.74. The van der Waals surface area contributed by atoms with E-state index in [0.29, 0.717) is 31.1 Å². The van der Waals surface area contributed by atoms with E-state index < -0.39 is 5.97 Å². The Morgan fingerprint density at radius 3 is 2.81 bits per heavy atom. The number of aliphatic carboxylic acids is 1. The molecule has 0 atom stereocenters. The van der Waals surface area contributed by atoms with Crippen LogP contribution in [0.2, 0.25) is 0 Å². The Balaban J connectivity index is 1.71. The molecule has 0 unspecified atom stereocenters. The third-order valence-electron chi connectivity index (χ3n) is 4.02. The molecule has 3 rings (SSSR count). The summed E-state index contributed by atoms with van der Waals surface area (Å²) in [5, 5.41) is 9.94. The summed E-state index contributed by atoms with van der Waals surface area (Å²) in [7, 11) is 0. The van der Waals surface area contributed by atoms with Gasteiger partial charge in [-0.3, -0.25) is 9.78 Å². The van der Waals surface area contributed by atoms with Crippen LogP contribution in [-0.4, -0.2) is 22.7 Å². The Kier molecular flexibility index (Phi) is 5.69. The van der Waals surface area contributed by atoms with Crippen LogP contribution in [0.15, 0.2) is 54.7 Å². The van der Waals surface area contributed by atoms with Crippen molar-refractivity contribution in [2.24, 2.45) is 0 Å². The third-order valence-corrected chi connectivity index (χ3v) is 4.02. The Morgan fingerprint density at radius 2 is 2.00 bits per heavy atom. The maximum absolute atomic E-state index is 10.8. The van der Waals surface area contributed by atoms with Crippen molar-refractivity contribution < 1.29 is 19.4 Å². The van der Waals surface area contributed by atoms with Crippen LogP contribution >= 0.6 is 0 Å². The molecule has 0 amide bonds. The monoisotopic (exact) mass is 351 g/mol. The number of rotatable bonds is 8. The summed E-state index contributed by atoms with van der Waals surface area (Å²) in [4.78, 5) is 15.1. The summed E-state index contributed by atoms with van der Waals surface area (Å²) < 4.78 is 11.5. The average Bonchev–Trinajstić information content (AvgIpc) is 2.65. The number of aromatic nitrogens is 1. The molecule has 0 saturated carbocycles. The fourth-order valence-corrected chi connectivity index (χ4v) is 2.74. The maximum atomic E-state index is 10.8. The number of aryl methyl sites for hydroxylation is 1. The van der Waals surface area contributed by atoms with E-state index in [1.165, 1.54) is 0 Å².